The van der Waals surface area contributed by atoms with Gasteiger partial charge in [0.1, 0.15) is 0 Å². The number of amides is 1. The molecule has 0 heterocycles. The lowest BCUT2D eigenvalue weighted by atomic mass is 10.1. The Hall–Kier alpha value is -0.230. The zero-order chi connectivity index (χ0) is 15.6. The highest BCUT2D eigenvalue weighted by Gasteiger charge is 2.33. The van der Waals surface area contributed by atoms with Gasteiger partial charge in [0, 0.05) is 12.6 Å². The predicted molar refractivity (Wildman–Crippen MR) is 95.5 cm³/mol. The summed E-state index contributed by atoms with van der Waals surface area (Å²) in [5.74, 6) is 0.457. The molecule has 0 spiro atoms. The van der Waals surface area contributed by atoms with Crippen molar-refractivity contribution in [3.63, 3.8) is 0 Å². The van der Waals surface area contributed by atoms with Crippen molar-refractivity contribution < 1.29 is 4.79 Å². The Balaban J connectivity index is 0.00000242. The number of rotatable bonds is 6. The molecule has 0 aromatic heterocycles. The molecular weight excluding hydrogens is 368 g/mol. The van der Waals surface area contributed by atoms with Crippen LogP contribution < -0.4 is 11.1 Å². The molecule has 8 heteroatoms. The standard InChI is InChI=1S/C14H18Cl3N3O.ClH/c1-20(13(6-18)8-2-3-8)7-14(21)19-12-5-10(16)9(15)4-11(12)17;/h4-5,8,13H,2-3,6-7,18H2,1H3,(H,19,21);1H. The second-order valence-electron chi connectivity index (χ2n) is 5.35. The summed E-state index contributed by atoms with van der Waals surface area (Å²) >= 11 is 17.8. The fourth-order valence-electron chi connectivity index (χ4n) is 2.37. The predicted octanol–water partition coefficient (Wildman–Crippen LogP) is 3.68. The minimum absolute atomic E-state index is 0. The van der Waals surface area contributed by atoms with Crippen molar-refractivity contribution in [3.8, 4) is 0 Å². The Labute approximate surface area is 151 Å². The van der Waals surface area contributed by atoms with Crippen molar-refractivity contribution >= 4 is 58.8 Å². The first kappa shape index (κ1) is 19.8. The normalized spacial score (nSPS) is 15.4. The van der Waals surface area contributed by atoms with Crippen molar-refractivity contribution in [2.45, 2.75) is 18.9 Å². The Bertz CT molecular complexity index is 537. The first-order valence-electron chi connectivity index (χ1n) is 6.77. The van der Waals surface area contributed by atoms with Gasteiger partial charge in [-0.3, -0.25) is 9.69 Å². The summed E-state index contributed by atoms with van der Waals surface area (Å²) in [6.45, 7) is 0.816. The van der Waals surface area contributed by atoms with Crippen molar-refractivity contribution in [1.29, 1.82) is 0 Å². The third-order valence-corrected chi connectivity index (χ3v) is 4.69. The summed E-state index contributed by atoms with van der Waals surface area (Å²) in [5.41, 5.74) is 6.24. The Morgan fingerprint density at radius 1 is 1.32 bits per heavy atom. The average molecular weight is 387 g/mol. The second kappa shape index (κ2) is 8.57. The quantitative estimate of drug-likeness (QED) is 0.733. The van der Waals surface area contributed by atoms with Crippen LogP contribution in [0.25, 0.3) is 0 Å². The lowest BCUT2D eigenvalue weighted by Gasteiger charge is -2.26. The van der Waals surface area contributed by atoms with Crippen LogP contribution in [0, 0.1) is 5.92 Å². The van der Waals surface area contributed by atoms with Gasteiger partial charge in [0.05, 0.1) is 27.3 Å². The van der Waals surface area contributed by atoms with Gasteiger partial charge in [-0.25, -0.2) is 0 Å². The molecule has 0 bridgehead atoms. The van der Waals surface area contributed by atoms with Crippen LogP contribution in [0.15, 0.2) is 12.1 Å². The maximum absolute atomic E-state index is 12.1. The first-order valence-corrected chi connectivity index (χ1v) is 7.90. The van der Waals surface area contributed by atoms with Crippen LogP contribution in [0.5, 0.6) is 0 Å². The Kier molecular flexibility index (Phi) is 7.72. The largest absolute Gasteiger partial charge is 0.329 e. The molecule has 0 radical (unpaired) electrons. The summed E-state index contributed by atoms with van der Waals surface area (Å²) in [7, 11) is 1.91. The van der Waals surface area contributed by atoms with Gasteiger partial charge in [0.15, 0.2) is 0 Å². The number of benzene rings is 1. The fourth-order valence-corrected chi connectivity index (χ4v) is 2.96. The van der Waals surface area contributed by atoms with Gasteiger partial charge in [-0.2, -0.15) is 0 Å². The number of nitrogens with two attached hydrogens (primary N) is 1. The number of nitrogens with one attached hydrogen (secondary N) is 1. The van der Waals surface area contributed by atoms with Gasteiger partial charge in [-0.1, -0.05) is 34.8 Å². The molecule has 2 rings (SSSR count). The molecule has 1 unspecified atom stereocenters. The maximum Gasteiger partial charge on any atom is 0.238 e. The van der Waals surface area contributed by atoms with E-state index in [1.807, 2.05) is 11.9 Å². The van der Waals surface area contributed by atoms with E-state index < -0.39 is 0 Å². The average Bonchev–Trinajstić information content (AvgIpc) is 3.21. The number of hydrogen-bond acceptors (Lipinski definition) is 3. The van der Waals surface area contributed by atoms with E-state index in [2.05, 4.69) is 5.32 Å². The Morgan fingerprint density at radius 3 is 2.45 bits per heavy atom. The molecule has 1 aromatic rings. The lowest BCUT2D eigenvalue weighted by Crippen LogP contribution is -2.43. The minimum atomic E-state index is -0.156. The van der Waals surface area contributed by atoms with E-state index in [-0.39, 0.29) is 30.9 Å². The minimum Gasteiger partial charge on any atom is -0.329 e. The van der Waals surface area contributed by atoms with E-state index in [9.17, 15) is 4.79 Å². The van der Waals surface area contributed by atoms with Gasteiger partial charge in [0.2, 0.25) is 5.91 Å². The van der Waals surface area contributed by atoms with Crippen LogP contribution in [0.2, 0.25) is 15.1 Å². The summed E-state index contributed by atoms with van der Waals surface area (Å²) < 4.78 is 0. The highest BCUT2D eigenvalue weighted by molar-refractivity contribution is 6.44. The van der Waals surface area contributed by atoms with Gasteiger partial charge < -0.3 is 11.1 Å². The molecule has 1 atom stereocenters. The van der Waals surface area contributed by atoms with Crippen molar-refractivity contribution in [2.24, 2.45) is 11.7 Å². The topological polar surface area (TPSA) is 58.4 Å². The number of anilines is 1. The molecule has 0 aliphatic heterocycles. The van der Waals surface area contributed by atoms with Gasteiger partial charge in [-0.05, 0) is 37.9 Å². The van der Waals surface area contributed by atoms with Gasteiger partial charge in [-0.15, -0.1) is 12.4 Å². The molecule has 22 heavy (non-hydrogen) atoms. The molecule has 1 amide bonds. The van der Waals surface area contributed by atoms with Crippen LogP contribution >= 0.6 is 47.2 Å². The van der Waals surface area contributed by atoms with E-state index in [0.717, 1.165) is 0 Å². The van der Waals surface area contributed by atoms with Crippen LogP contribution in [0.3, 0.4) is 0 Å². The summed E-state index contributed by atoms with van der Waals surface area (Å²) in [6.07, 6.45) is 2.37. The van der Waals surface area contributed by atoms with E-state index in [0.29, 0.717) is 33.2 Å². The monoisotopic (exact) mass is 385 g/mol. The summed E-state index contributed by atoms with van der Waals surface area (Å²) in [6, 6.07) is 3.31. The third kappa shape index (κ3) is 5.15. The molecule has 3 N–H and O–H groups in total. The van der Waals surface area contributed by atoms with Gasteiger partial charge in [0.25, 0.3) is 0 Å². The Morgan fingerprint density at radius 2 is 1.91 bits per heavy atom. The van der Waals surface area contributed by atoms with Gasteiger partial charge >= 0.3 is 0 Å². The highest BCUT2D eigenvalue weighted by Crippen LogP contribution is 2.35. The highest BCUT2D eigenvalue weighted by atomic mass is 35.5. The number of carbonyl (C=O) groups is 1. The third-order valence-electron chi connectivity index (χ3n) is 3.65. The van der Waals surface area contributed by atoms with Crippen molar-refractivity contribution in [3.05, 3.63) is 27.2 Å². The van der Waals surface area contributed by atoms with Crippen molar-refractivity contribution in [2.75, 3.05) is 25.5 Å². The van der Waals surface area contributed by atoms with Crippen LogP contribution in [-0.4, -0.2) is 37.0 Å². The van der Waals surface area contributed by atoms with E-state index in [1.165, 1.54) is 18.9 Å². The molecule has 0 saturated heterocycles. The molecule has 1 fully saturated rings. The number of likely N-dealkylation sites (N-methyl/N-ethyl adjacent to an activating group) is 1. The molecule has 1 saturated carbocycles. The number of nitrogens with zero attached hydrogens (tertiary/aromatic N) is 1. The molecule has 4 nitrogen and oxygen atoms in total. The fraction of sp³-hybridized carbons (Fsp3) is 0.500. The van der Waals surface area contributed by atoms with Crippen molar-refractivity contribution in [1.82, 2.24) is 4.90 Å². The summed E-state index contributed by atoms with van der Waals surface area (Å²) in [5, 5.41) is 3.82. The molecule has 1 aromatic carbocycles. The van der Waals surface area contributed by atoms with Crippen LogP contribution in [0.4, 0.5) is 5.69 Å². The van der Waals surface area contributed by atoms with E-state index in [4.69, 9.17) is 40.5 Å². The van der Waals surface area contributed by atoms with Crippen LogP contribution in [-0.2, 0) is 4.79 Å². The first-order chi connectivity index (χ1) is 9.92. The zero-order valence-corrected chi connectivity index (χ0v) is 15.2. The SMILES string of the molecule is CN(CC(=O)Nc1cc(Cl)c(Cl)cc1Cl)C(CN)C1CC1.Cl. The number of carbonyl (C=O) groups excluding carboxylic acids is 1. The number of hydrogen-bond donors (Lipinski definition) is 2. The van der Waals surface area contributed by atoms with E-state index >= 15 is 0 Å². The smallest absolute Gasteiger partial charge is 0.238 e. The molecule has 1 aliphatic rings. The molecule has 1 aliphatic carbocycles. The second-order valence-corrected chi connectivity index (χ2v) is 6.57. The van der Waals surface area contributed by atoms with E-state index in [1.54, 1.807) is 6.07 Å². The van der Waals surface area contributed by atoms with Crippen LogP contribution in [0.1, 0.15) is 12.8 Å². The zero-order valence-electron chi connectivity index (χ0n) is 12.1. The lowest BCUT2D eigenvalue weighted by molar-refractivity contribution is -0.117. The summed E-state index contributed by atoms with van der Waals surface area (Å²) in [4.78, 5) is 14.1. The number of halogens is 4. The maximum atomic E-state index is 12.1. The molecule has 124 valence electrons. The molecular formula is C14H19Cl4N3O.